The van der Waals surface area contributed by atoms with E-state index in [-0.39, 0.29) is 6.61 Å². The minimum atomic E-state index is 0.255. The molecule has 0 spiro atoms. The number of halogens is 1. The van der Waals surface area contributed by atoms with E-state index in [9.17, 15) is 5.11 Å². The third-order valence-electron chi connectivity index (χ3n) is 4.92. The lowest BCUT2D eigenvalue weighted by Crippen LogP contribution is -2.54. The number of aliphatic hydroxyl groups excluding tert-OH is 1. The number of hydrogen-bond acceptors (Lipinski definition) is 4. The molecule has 1 aromatic carbocycles. The molecule has 1 N–H and O–H groups in total. The molecular formula is C20H29ClN2O2. The molecule has 0 aromatic heterocycles. The van der Waals surface area contributed by atoms with Gasteiger partial charge in [-0.2, -0.15) is 0 Å². The number of hydrogen-bond donors (Lipinski definition) is 1. The Morgan fingerprint density at radius 1 is 1.32 bits per heavy atom. The summed E-state index contributed by atoms with van der Waals surface area (Å²) in [5, 5.41) is 10.2. The molecule has 1 saturated heterocycles. The number of piperazine rings is 1. The van der Waals surface area contributed by atoms with Crippen LogP contribution >= 0.6 is 11.6 Å². The smallest absolute Gasteiger partial charge is 0.127 e. The fraction of sp³-hybridized carbons (Fsp3) is 0.600. The van der Waals surface area contributed by atoms with Gasteiger partial charge in [0, 0.05) is 56.0 Å². The lowest BCUT2D eigenvalue weighted by Gasteiger charge is -2.42. The van der Waals surface area contributed by atoms with Crippen molar-refractivity contribution < 1.29 is 9.84 Å². The van der Waals surface area contributed by atoms with E-state index >= 15 is 0 Å². The lowest BCUT2D eigenvalue weighted by atomic mass is 10.0. The molecule has 0 radical (unpaired) electrons. The van der Waals surface area contributed by atoms with Crippen molar-refractivity contribution in [2.24, 2.45) is 5.92 Å². The summed E-state index contributed by atoms with van der Waals surface area (Å²) in [4.78, 5) is 5.03. The zero-order chi connectivity index (χ0) is 17.8. The Balaban J connectivity index is 1.63. The second kappa shape index (κ2) is 8.54. The Morgan fingerprint density at radius 2 is 2.16 bits per heavy atom. The van der Waals surface area contributed by atoms with E-state index in [2.05, 4.69) is 29.7 Å². The molecule has 0 amide bonds. The second-order valence-corrected chi connectivity index (χ2v) is 8.00. The standard InChI is InChI=1S/C20H29ClN2O2/c1-15(2)11-23-7-6-22(13-19(23)5-8-24)12-16-9-17-10-18(21)3-4-20(17)25-14-16/h3-4,9-10,15,19,24H,5-8,11-14H2,1-2H3. The van der Waals surface area contributed by atoms with Crippen LogP contribution in [0, 0.1) is 5.92 Å². The van der Waals surface area contributed by atoms with Crippen LogP contribution in [0.2, 0.25) is 5.02 Å². The Kier molecular flexibility index (Phi) is 6.39. The molecule has 3 rings (SSSR count). The van der Waals surface area contributed by atoms with Gasteiger partial charge in [0.25, 0.3) is 0 Å². The summed E-state index contributed by atoms with van der Waals surface area (Å²) in [5.74, 6) is 1.57. The molecule has 2 heterocycles. The van der Waals surface area contributed by atoms with Crippen LogP contribution in [0.15, 0.2) is 23.8 Å². The Morgan fingerprint density at radius 3 is 2.92 bits per heavy atom. The molecule has 25 heavy (non-hydrogen) atoms. The van der Waals surface area contributed by atoms with Crippen LogP contribution in [0.25, 0.3) is 6.08 Å². The van der Waals surface area contributed by atoms with E-state index in [1.54, 1.807) is 0 Å². The first-order chi connectivity index (χ1) is 12.0. The predicted octanol–water partition coefficient (Wildman–Crippen LogP) is 3.14. The molecule has 1 aromatic rings. The predicted molar refractivity (Wildman–Crippen MR) is 103 cm³/mol. The van der Waals surface area contributed by atoms with E-state index in [0.29, 0.717) is 18.6 Å². The van der Waals surface area contributed by atoms with Gasteiger partial charge in [0.05, 0.1) is 0 Å². The monoisotopic (exact) mass is 364 g/mol. The summed E-state index contributed by atoms with van der Waals surface area (Å²) < 4.78 is 5.88. The Bertz CT molecular complexity index is 618. The van der Waals surface area contributed by atoms with E-state index < -0.39 is 0 Å². The molecule has 2 aliphatic heterocycles. The maximum atomic E-state index is 9.42. The molecule has 1 unspecified atom stereocenters. The molecule has 1 fully saturated rings. The molecule has 1 atom stereocenters. The fourth-order valence-electron chi connectivity index (χ4n) is 3.81. The van der Waals surface area contributed by atoms with Crippen LogP contribution in [0.3, 0.4) is 0 Å². The van der Waals surface area contributed by atoms with Crippen molar-refractivity contribution in [2.45, 2.75) is 26.3 Å². The van der Waals surface area contributed by atoms with Crippen molar-refractivity contribution >= 4 is 17.7 Å². The Hall–Kier alpha value is -1.07. The first kappa shape index (κ1) is 18.7. The quantitative estimate of drug-likeness (QED) is 0.841. The summed E-state index contributed by atoms with van der Waals surface area (Å²) in [6.45, 7) is 10.6. The van der Waals surface area contributed by atoms with Gasteiger partial charge in [-0.3, -0.25) is 9.80 Å². The SMILES string of the molecule is CC(C)CN1CCN(CC2=Cc3cc(Cl)ccc3OC2)CC1CCO. The normalized spacial score (nSPS) is 21.8. The summed E-state index contributed by atoms with van der Waals surface area (Å²) >= 11 is 6.10. The number of fused-ring (bicyclic) bond motifs is 1. The van der Waals surface area contributed by atoms with Crippen molar-refractivity contribution in [1.82, 2.24) is 9.80 Å². The number of rotatable bonds is 6. The molecule has 0 bridgehead atoms. The highest BCUT2D eigenvalue weighted by atomic mass is 35.5. The van der Waals surface area contributed by atoms with E-state index in [1.807, 2.05) is 18.2 Å². The summed E-state index contributed by atoms with van der Waals surface area (Å²) in [7, 11) is 0. The van der Waals surface area contributed by atoms with Crippen LogP contribution in [0.1, 0.15) is 25.8 Å². The minimum absolute atomic E-state index is 0.255. The molecule has 138 valence electrons. The van der Waals surface area contributed by atoms with Crippen molar-refractivity contribution in [2.75, 3.05) is 45.9 Å². The largest absolute Gasteiger partial charge is 0.489 e. The minimum Gasteiger partial charge on any atom is -0.489 e. The van der Waals surface area contributed by atoms with Gasteiger partial charge in [-0.25, -0.2) is 0 Å². The van der Waals surface area contributed by atoms with Gasteiger partial charge in [-0.1, -0.05) is 25.4 Å². The van der Waals surface area contributed by atoms with Gasteiger partial charge in [-0.15, -0.1) is 0 Å². The highest BCUT2D eigenvalue weighted by Crippen LogP contribution is 2.29. The molecule has 4 nitrogen and oxygen atoms in total. The zero-order valence-electron chi connectivity index (χ0n) is 15.2. The maximum absolute atomic E-state index is 9.42. The third kappa shape index (κ3) is 4.98. The van der Waals surface area contributed by atoms with Gasteiger partial charge >= 0.3 is 0 Å². The van der Waals surface area contributed by atoms with Gasteiger partial charge in [0.15, 0.2) is 0 Å². The molecule has 0 saturated carbocycles. The third-order valence-corrected chi connectivity index (χ3v) is 5.16. The van der Waals surface area contributed by atoms with E-state index in [4.69, 9.17) is 16.3 Å². The van der Waals surface area contributed by atoms with Gasteiger partial charge in [-0.05, 0) is 42.2 Å². The average Bonchev–Trinajstić information content (AvgIpc) is 2.57. The van der Waals surface area contributed by atoms with Crippen LogP contribution in [-0.2, 0) is 0 Å². The topological polar surface area (TPSA) is 35.9 Å². The fourth-order valence-corrected chi connectivity index (χ4v) is 3.99. The lowest BCUT2D eigenvalue weighted by molar-refractivity contribution is 0.0548. The Labute approximate surface area is 156 Å². The highest BCUT2D eigenvalue weighted by molar-refractivity contribution is 6.30. The number of ether oxygens (including phenoxy) is 1. The first-order valence-corrected chi connectivity index (χ1v) is 9.62. The molecule has 2 aliphatic rings. The zero-order valence-corrected chi connectivity index (χ0v) is 16.0. The maximum Gasteiger partial charge on any atom is 0.127 e. The van der Waals surface area contributed by atoms with Crippen molar-refractivity contribution in [1.29, 1.82) is 0 Å². The van der Waals surface area contributed by atoms with Crippen LogP contribution in [0.4, 0.5) is 0 Å². The van der Waals surface area contributed by atoms with Gasteiger partial charge in [0.1, 0.15) is 12.4 Å². The summed E-state index contributed by atoms with van der Waals surface area (Å²) in [6, 6.07) is 6.21. The first-order valence-electron chi connectivity index (χ1n) is 9.24. The van der Waals surface area contributed by atoms with Crippen LogP contribution in [0.5, 0.6) is 5.75 Å². The average molecular weight is 365 g/mol. The molecule has 5 heteroatoms. The molecular weight excluding hydrogens is 336 g/mol. The number of nitrogens with zero attached hydrogens (tertiary/aromatic N) is 2. The summed E-state index contributed by atoms with van der Waals surface area (Å²) in [6.07, 6.45) is 3.06. The van der Waals surface area contributed by atoms with E-state index in [1.165, 1.54) is 5.57 Å². The van der Waals surface area contributed by atoms with E-state index in [0.717, 1.165) is 55.5 Å². The van der Waals surface area contributed by atoms with Crippen molar-refractivity contribution in [3.8, 4) is 5.75 Å². The van der Waals surface area contributed by atoms with Gasteiger partial charge < -0.3 is 9.84 Å². The highest BCUT2D eigenvalue weighted by Gasteiger charge is 2.27. The second-order valence-electron chi connectivity index (χ2n) is 7.56. The summed E-state index contributed by atoms with van der Waals surface area (Å²) in [5.41, 5.74) is 2.36. The van der Waals surface area contributed by atoms with Crippen LogP contribution < -0.4 is 4.74 Å². The van der Waals surface area contributed by atoms with Crippen molar-refractivity contribution in [3.63, 3.8) is 0 Å². The van der Waals surface area contributed by atoms with Crippen molar-refractivity contribution in [3.05, 3.63) is 34.4 Å². The number of aliphatic hydroxyl groups is 1. The van der Waals surface area contributed by atoms with Crippen LogP contribution in [-0.4, -0.2) is 66.9 Å². The van der Waals surface area contributed by atoms with Gasteiger partial charge in [0.2, 0.25) is 0 Å². The number of benzene rings is 1. The molecule has 0 aliphatic carbocycles.